The van der Waals surface area contributed by atoms with E-state index < -0.39 is 12.0 Å². The third-order valence-electron chi connectivity index (χ3n) is 4.74. The van der Waals surface area contributed by atoms with Crippen molar-refractivity contribution in [2.45, 2.75) is 20.0 Å². The fraction of sp³-hybridized carbons (Fsp3) is 0.125. The number of ether oxygens (including phenoxy) is 1. The predicted octanol–water partition coefficient (Wildman–Crippen LogP) is 6.86. The predicted molar refractivity (Wildman–Crippen MR) is 141 cm³/mol. The van der Waals surface area contributed by atoms with E-state index in [0.29, 0.717) is 15.8 Å². The summed E-state index contributed by atoms with van der Waals surface area (Å²) in [4.78, 5) is 17.1. The number of carbonyl (C=O) groups is 1. The van der Waals surface area contributed by atoms with Crippen LogP contribution in [0.4, 0.5) is 5.69 Å². The Morgan fingerprint density at radius 1 is 1.09 bits per heavy atom. The number of halogens is 2. The standard InChI is InChI=1S/C24H19Cl2N3O2S2/c1-13-3-9-19-21(11-13)33-23(28-19)15-4-7-17(8-5-15)27-24(32)29-22(30)14(2)31-20-10-6-16(25)12-18(20)26/h3-12,14H,1-2H3,(H2,27,29,30,32)/t14-/m0/s1. The van der Waals surface area contributed by atoms with Crippen molar-refractivity contribution in [2.24, 2.45) is 0 Å². The number of fused-ring (bicyclic) bond motifs is 1. The number of nitrogens with zero attached hydrogens (tertiary/aromatic N) is 1. The van der Waals surface area contributed by atoms with E-state index in [4.69, 9.17) is 45.1 Å². The molecule has 1 atom stereocenters. The van der Waals surface area contributed by atoms with Gasteiger partial charge in [-0.1, -0.05) is 29.3 Å². The minimum atomic E-state index is -0.812. The van der Waals surface area contributed by atoms with Crippen molar-refractivity contribution in [1.29, 1.82) is 0 Å². The van der Waals surface area contributed by atoms with Crippen LogP contribution < -0.4 is 15.4 Å². The first-order chi connectivity index (χ1) is 15.8. The zero-order valence-corrected chi connectivity index (χ0v) is 20.8. The first-order valence-corrected chi connectivity index (χ1v) is 12.0. The van der Waals surface area contributed by atoms with Crippen LogP contribution in [0.25, 0.3) is 20.8 Å². The monoisotopic (exact) mass is 515 g/mol. The number of hydrogen-bond donors (Lipinski definition) is 2. The van der Waals surface area contributed by atoms with Crippen LogP contribution in [-0.2, 0) is 4.79 Å². The van der Waals surface area contributed by atoms with Gasteiger partial charge in [-0.15, -0.1) is 11.3 Å². The summed E-state index contributed by atoms with van der Waals surface area (Å²) in [5.74, 6) is -0.0388. The lowest BCUT2D eigenvalue weighted by Crippen LogP contribution is -2.42. The van der Waals surface area contributed by atoms with Gasteiger partial charge in [0.25, 0.3) is 5.91 Å². The largest absolute Gasteiger partial charge is 0.479 e. The van der Waals surface area contributed by atoms with Crippen molar-refractivity contribution < 1.29 is 9.53 Å². The molecule has 0 aliphatic carbocycles. The van der Waals surface area contributed by atoms with Gasteiger partial charge in [0.05, 0.1) is 15.2 Å². The van der Waals surface area contributed by atoms with Gasteiger partial charge in [0, 0.05) is 16.3 Å². The van der Waals surface area contributed by atoms with Gasteiger partial charge in [-0.05, 0) is 86.2 Å². The van der Waals surface area contributed by atoms with Crippen molar-refractivity contribution >= 4 is 73.7 Å². The van der Waals surface area contributed by atoms with Crippen molar-refractivity contribution in [3.8, 4) is 16.3 Å². The van der Waals surface area contributed by atoms with E-state index in [1.54, 1.807) is 36.5 Å². The number of anilines is 1. The fourth-order valence-corrected chi connectivity index (χ4v) is 4.78. The summed E-state index contributed by atoms with van der Waals surface area (Å²) in [7, 11) is 0. The van der Waals surface area contributed by atoms with Crippen LogP contribution in [0.1, 0.15) is 12.5 Å². The molecule has 0 saturated heterocycles. The molecule has 0 aliphatic heterocycles. The molecule has 4 rings (SSSR count). The number of benzene rings is 3. The SMILES string of the molecule is Cc1ccc2nc(-c3ccc(NC(=S)NC(=O)[C@H](C)Oc4ccc(Cl)cc4Cl)cc3)sc2c1. The second-order valence-electron chi connectivity index (χ2n) is 7.35. The minimum Gasteiger partial charge on any atom is -0.479 e. The molecule has 5 nitrogen and oxygen atoms in total. The van der Waals surface area contributed by atoms with Crippen LogP contribution in [0, 0.1) is 6.92 Å². The van der Waals surface area contributed by atoms with Gasteiger partial charge in [-0.25, -0.2) is 4.98 Å². The van der Waals surface area contributed by atoms with Gasteiger partial charge >= 0.3 is 0 Å². The second kappa shape index (κ2) is 10.1. The van der Waals surface area contributed by atoms with E-state index in [9.17, 15) is 4.79 Å². The van der Waals surface area contributed by atoms with Crippen LogP contribution in [0.15, 0.2) is 60.7 Å². The average Bonchev–Trinajstić information content (AvgIpc) is 3.19. The van der Waals surface area contributed by atoms with Gasteiger partial charge < -0.3 is 10.1 Å². The molecule has 4 aromatic rings. The Balaban J connectivity index is 1.35. The molecule has 3 aromatic carbocycles. The maximum absolute atomic E-state index is 12.4. The number of amides is 1. The summed E-state index contributed by atoms with van der Waals surface area (Å²) in [5, 5.41) is 7.56. The van der Waals surface area contributed by atoms with Crippen molar-refractivity contribution in [3.05, 3.63) is 76.3 Å². The highest BCUT2D eigenvalue weighted by molar-refractivity contribution is 7.80. The normalized spacial score (nSPS) is 11.8. The van der Waals surface area contributed by atoms with E-state index in [1.165, 1.54) is 5.56 Å². The van der Waals surface area contributed by atoms with E-state index in [2.05, 4.69) is 29.7 Å². The highest BCUT2D eigenvalue weighted by Crippen LogP contribution is 2.31. The van der Waals surface area contributed by atoms with Crippen molar-refractivity contribution in [3.63, 3.8) is 0 Å². The van der Waals surface area contributed by atoms with Gasteiger partial charge in [0.2, 0.25) is 0 Å². The number of nitrogens with one attached hydrogen (secondary N) is 2. The van der Waals surface area contributed by atoms with E-state index in [1.807, 2.05) is 30.3 Å². The third-order valence-corrected chi connectivity index (χ3v) is 6.54. The number of rotatable bonds is 5. The molecule has 0 radical (unpaired) electrons. The summed E-state index contributed by atoms with van der Waals surface area (Å²) < 4.78 is 6.77. The van der Waals surface area contributed by atoms with Gasteiger partial charge in [0.15, 0.2) is 11.2 Å². The summed E-state index contributed by atoms with van der Waals surface area (Å²) in [5.41, 5.74) is 3.96. The number of thiocarbonyl (C=S) groups is 1. The molecule has 1 amide bonds. The molecule has 0 saturated carbocycles. The molecule has 1 aromatic heterocycles. The Bertz CT molecular complexity index is 1340. The van der Waals surface area contributed by atoms with Crippen LogP contribution >= 0.6 is 46.8 Å². The molecule has 0 spiro atoms. The third kappa shape index (κ3) is 5.81. The van der Waals surface area contributed by atoms with E-state index >= 15 is 0 Å². The van der Waals surface area contributed by atoms with E-state index in [-0.39, 0.29) is 5.11 Å². The zero-order chi connectivity index (χ0) is 23.5. The fourth-order valence-electron chi connectivity index (χ4n) is 3.04. The molecule has 0 aliphatic rings. The first-order valence-electron chi connectivity index (χ1n) is 9.99. The first kappa shape index (κ1) is 23.4. The average molecular weight is 516 g/mol. The molecular formula is C24H19Cl2N3O2S2. The molecule has 2 N–H and O–H groups in total. The number of aromatic nitrogens is 1. The van der Waals surface area contributed by atoms with Crippen LogP contribution in [0.2, 0.25) is 10.0 Å². The highest BCUT2D eigenvalue weighted by Gasteiger charge is 2.17. The van der Waals surface area contributed by atoms with Crippen LogP contribution in [-0.4, -0.2) is 22.1 Å². The Morgan fingerprint density at radius 3 is 2.58 bits per heavy atom. The maximum atomic E-state index is 12.4. The molecule has 168 valence electrons. The van der Waals surface area contributed by atoms with Gasteiger partial charge in [0.1, 0.15) is 10.8 Å². The molecule has 1 heterocycles. The Hall–Kier alpha value is -2.71. The number of thiazole rings is 1. The van der Waals surface area contributed by atoms with Crippen molar-refractivity contribution in [2.75, 3.05) is 5.32 Å². The second-order valence-corrected chi connectivity index (χ2v) is 9.63. The smallest absolute Gasteiger partial charge is 0.266 e. The Labute approximate surface area is 210 Å². The van der Waals surface area contributed by atoms with Crippen LogP contribution in [0.5, 0.6) is 5.75 Å². The lowest BCUT2D eigenvalue weighted by Gasteiger charge is -2.16. The minimum absolute atomic E-state index is 0.167. The number of hydrogen-bond acceptors (Lipinski definition) is 5. The topological polar surface area (TPSA) is 63.2 Å². The van der Waals surface area contributed by atoms with Crippen molar-refractivity contribution in [1.82, 2.24) is 10.3 Å². The quantitative estimate of drug-likeness (QED) is 0.284. The molecule has 0 unspecified atom stereocenters. The van der Waals surface area contributed by atoms with Gasteiger partial charge in [-0.3, -0.25) is 10.1 Å². The lowest BCUT2D eigenvalue weighted by molar-refractivity contribution is -0.125. The molecule has 0 bridgehead atoms. The number of carbonyl (C=O) groups excluding carboxylic acids is 1. The molecule has 33 heavy (non-hydrogen) atoms. The summed E-state index contributed by atoms with van der Waals surface area (Å²) >= 11 is 18.9. The Morgan fingerprint density at radius 2 is 1.85 bits per heavy atom. The summed E-state index contributed by atoms with van der Waals surface area (Å²) in [6.45, 7) is 3.68. The maximum Gasteiger partial charge on any atom is 0.266 e. The van der Waals surface area contributed by atoms with Crippen LogP contribution in [0.3, 0.4) is 0 Å². The highest BCUT2D eigenvalue weighted by atomic mass is 35.5. The van der Waals surface area contributed by atoms with Gasteiger partial charge in [-0.2, -0.15) is 0 Å². The lowest BCUT2D eigenvalue weighted by atomic mass is 10.2. The molecule has 9 heteroatoms. The molecule has 0 fully saturated rings. The number of aryl methyl sites for hydroxylation is 1. The summed E-state index contributed by atoms with van der Waals surface area (Å²) in [6, 6.07) is 18.7. The summed E-state index contributed by atoms with van der Waals surface area (Å²) in [6.07, 6.45) is -0.812. The Kier molecular flexibility index (Phi) is 7.14. The van der Waals surface area contributed by atoms with E-state index in [0.717, 1.165) is 26.5 Å². The molecular weight excluding hydrogens is 497 g/mol. The zero-order valence-electron chi connectivity index (χ0n) is 17.7.